The number of sulfonamides is 3. The molecule has 5 aliphatic rings. The Bertz CT molecular complexity index is 5760. The van der Waals surface area contributed by atoms with Gasteiger partial charge in [-0.3, -0.25) is 4.79 Å². The molecule has 17 nitrogen and oxygen atoms in total. The fraction of sp³-hybridized carbons (Fsp3) is 0.333. The van der Waals surface area contributed by atoms with Gasteiger partial charge in [0.05, 0.1) is 40.2 Å². The number of piperidine rings is 4. The fourth-order valence-corrected chi connectivity index (χ4v) is 22.6. The highest BCUT2D eigenvalue weighted by Crippen LogP contribution is 2.44. The van der Waals surface area contributed by atoms with Crippen LogP contribution >= 0.6 is 55.1 Å². The summed E-state index contributed by atoms with van der Waals surface area (Å²) >= 11 is 18.8. The molecule has 29 heteroatoms. The Hall–Kier alpha value is -7.96. The molecular formula is C84H85Br2Cl2F5N8O9S3. The minimum absolute atomic E-state index is 0.0367. The van der Waals surface area contributed by atoms with Gasteiger partial charge in [-0.25, -0.2) is 39.0 Å². The lowest BCUT2D eigenvalue weighted by molar-refractivity contribution is -0.137. The van der Waals surface area contributed by atoms with Crippen molar-refractivity contribution in [2.45, 2.75) is 124 Å². The lowest BCUT2D eigenvalue weighted by atomic mass is 9.85. The molecule has 4 saturated heterocycles. The number of fused-ring (bicyclic) bond motifs is 4. The predicted octanol–water partition coefficient (Wildman–Crippen LogP) is 20.1. The zero-order chi connectivity index (χ0) is 80.4. The molecule has 596 valence electrons. The smallest absolute Gasteiger partial charge is 0.416 e. The maximum Gasteiger partial charge on any atom is 0.416 e. The van der Waals surface area contributed by atoms with E-state index < -0.39 is 41.8 Å². The van der Waals surface area contributed by atoms with Gasteiger partial charge in [-0.1, -0.05) is 92.3 Å². The molecule has 16 rings (SSSR count). The normalized spacial score (nSPS) is 16.8. The second-order valence-corrected chi connectivity index (χ2v) is 37.3. The standard InChI is InChI=1S/C22H25BrN2O3S.C21H20Cl2N2O.C21H20F4N2O2S.C20H20BrFN2O3S/c1-3-15-12-17(23)4-7-22(15)29(26,27)25-10-8-16(9-11-25)20-14-24-21-6-5-18(28-2)13-19(20)21;1-13-3-2-4-18-16(13)5-6-17(18)14-7-9-25(10-8-14)21(26)19-11-15(22)12-24-20(19)23;1-13-2-3-15(21(23,24)25)10-20(13)30(28,29)27-8-6-14(7-9-27)18-12-26-19-5-4-16(22)11-17(18)19;1-27-19-5-2-14(21)10-20(19)28(25,26)24-8-6-13(7-9-24)17-12-23-18-4-3-15(22)11-16(17)18/h4-7,12-14,16,24H,3,8-11H2,1-2H3;2-4,6,11-12,14H,5,7-10H2,1H3;2-5,10-12,14,26H,6-9H2,1H3;2-5,10-13,23H,6-9H2,1H3. The topological polar surface area (TPSA) is 211 Å². The third-order valence-electron chi connectivity index (χ3n) is 22.4. The lowest BCUT2D eigenvalue weighted by Gasteiger charge is -2.33. The van der Waals surface area contributed by atoms with Crippen molar-refractivity contribution in [1.82, 2.24) is 37.8 Å². The van der Waals surface area contributed by atoms with Crippen molar-refractivity contribution in [2.24, 2.45) is 5.92 Å². The van der Waals surface area contributed by atoms with Crippen LogP contribution in [0.15, 0.2) is 188 Å². The van der Waals surface area contributed by atoms with Gasteiger partial charge < -0.3 is 29.3 Å². The third kappa shape index (κ3) is 18.0. The van der Waals surface area contributed by atoms with Crippen LogP contribution in [0.5, 0.6) is 11.5 Å². The first-order valence-electron chi connectivity index (χ1n) is 37.3. The van der Waals surface area contributed by atoms with Crippen LogP contribution in [0.1, 0.15) is 136 Å². The average molecular weight is 1770 g/mol. The number of pyridine rings is 1. The molecule has 1 amide bonds. The van der Waals surface area contributed by atoms with E-state index in [1.54, 1.807) is 59.9 Å². The molecule has 0 atom stereocenters. The van der Waals surface area contributed by atoms with Gasteiger partial charge in [0.25, 0.3) is 5.91 Å². The van der Waals surface area contributed by atoms with Gasteiger partial charge in [-0.05, 0) is 261 Å². The first-order chi connectivity index (χ1) is 53.9. The number of aromatic amines is 3. The first kappa shape index (κ1) is 83.0. The number of hydrogen-bond acceptors (Lipinski definition) is 10. The van der Waals surface area contributed by atoms with Crippen molar-refractivity contribution in [1.29, 1.82) is 0 Å². The summed E-state index contributed by atoms with van der Waals surface area (Å²) in [5.74, 6) is 1.53. The van der Waals surface area contributed by atoms with Gasteiger partial charge >= 0.3 is 6.18 Å². The molecule has 4 aromatic heterocycles. The molecule has 3 N–H and O–H groups in total. The van der Waals surface area contributed by atoms with Gasteiger partial charge in [0.2, 0.25) is 30.1 Å². The van der Waals surface area contributed by atoms with Crippen molar-refractivity contribution < 1.29 is 61.5 Å². The number of likely N-dealkylation sites (tertiary alicyclic amines) is 1. The molecular weight excluding hydrogens is 1690 g/mol. The SMILES string of the molecule is CCc1cc(Br)ccc1S(=O)(=O)N1CCC(c2c[nH]c3ccc(OC)cc23)CC1.COc1ccc(Br)cc1S(=O)(=O)N1CCC(c2c[nH]c3ccc(F)cc23)CC1.Cc1ccc(C(F)(F)F)cc1S(=O)(=O)N1CCC(c2c[nH]c3ccc(F)cc23)CC1.Cc1cccc2c1CC=C2C1CCN(C(=O)c2cc(Cl)cnc2Cl)CC1. The number of aryl methyl sites for hydroxylation is 3. The van der Waals surface area contributed by atoms with Crippen molar-refractivity contribution in [2.75, 3.05) is 66.6 Å². The zero-order valence-electron chi connectivity index (χ0n) is 62.7. The Balaban J connectivity index is 0.000000132. The van der Waals surface area contributed by atoms with Crippen LogP contribution in [0.3, 0.4) is 0 Å². The molecule has 11 aromatic rings. The first-order valence-corrected chi connectivity index (χ1v) is 44.0. The minimum atomic E-state index is -4.62. The quantitative estimate of drug-likeness (QED) is 0.0692. The van der Waals surface area contributed by atoms with E-state index in [4.69, 9.17) is 32.7 Å². The van der Waals surface area contributed by atoms with Gasteiger partial charge in [-0.2, -0.15) is 26.1 Å². The Labute approximate surface area is 681 Å². The van der Waals surface area contributed by atoms with Gasteiger partial charge in [0, 0.05) is 119 Å². The highest BCUT2D eigenvalue weighted by atomic mass is 79.9. The van der Waals surface area contributed by atoms with Crippen molar-refractivity contribution in [3.8, 4) is 11.5 Å². The highest BCUT2D eigenvalue weighted by Gasteiger charge is 2.39. The molecule has 7 aromatic carbocycles. The van der Waals surface area contributed by atoms with Crippen LogP contribution in [0, 0.1) is 31.4 Å². The second kappa shape index (κ2) is 34.8. The van der Waals surface area contributed by atoms with E-state index >= 15 is 0 Å². The van der Waals surface area contributed by atoms with E-state index in [0.717, 1.165) is 111 Å². The zero-order valence-corrected chi connectivity index (χ0v) is 69.8. The molecule has 0 unspecified atom stereocenters. The maximum atomic E-state index is 13.7. The highest BCUT2D eigenvalue weighted by molar-refractivity contribution is 9.10. The number of carbonyl (C=O) groups excluding carboxylic acids is 1. The summed E-state index contributed by atoms with van der Waals surface area (Å²) in [6.07, 6.45) is 12.6. The number of aromatic nitrogens is 4. The number of alkyl halides is 3. The number of rotatable bonds is 14. The van der Waals surface area contributed by atoms with Crippen LogP contribution in [0.25, 0.3) is 38.3 Å². The van der Waals surface area contributed by atoms with Crippen LogP contribution < -0.4 is 9.47 Å². The monoisotopic (exact) mass is 1770 g/mol. The van der Waals surface area contributed by atoms with Crippen LogP contribution in [0.4, 0.5) is 22.0 Å². The van der Waals surface area contributed by atoms with Crippen molar-refractivity contribution in [3.63, 3.8) is 0 Å². The van der Waals surface area contributed by atoms with Gasteiger partial charge in [-0.15, -0.1) is 0 Å². The average Bonchev–Trinajstić information content (AvgIpc) is 1.79. The molecule has 4 fully saturated rings. The third-order valence-corrected chi connectivity index (χ3v) is 29.8. The van der Waals surface area contributed by atoms with E-state index in [2.05, 4.69) is 95.3 Å². The minimum Gasteiger partial charge on any atom is -0.497 e. The van der Waals surface area contributed by atoms with E-state index in [1.807, 2.05) is 42.4 Å². The van der Waals surface area contributed by atoms with Crippen LogP contribution in [-0.4, -0.2) is 135 Å². The number of carbonyl (C=O) groups is 1. The summed E-state index contributed by atoms with van der Waals surface area (Å²) in [6, 6.07) is 36.5. The summed E-state index contributed by atoms with van der Waals surface area (Å²) < 4.78 is 162. The Morgan fingerprint density at radius 3 is 1.57 bits per heavy atom. The lowest BCUT2D eigenvalue weighted by Crippen LogP contribution is -2.38. The molecule has 113 heavy (non-hydrogen) atoms. The van der Waals surface area contributed by atoms with E-state index in [-0.39, 0.29) is 63.0 Å². The molecule has 0 spiro atoms. The number of allylic oxidation sites excluding steroid dienone is 2. The van der Waals surface area contributed by atoms with Crippen molar-refractivity contribution in [3.05, 3.63) is 251 Å². The number of nitrogens with zero attached hydrogens (tertiary/aromatic N) is 5. The van der Waals surface area contributed by atoms with E-state index in [0.29, 0.717) is 102 Å². The molecule has 4 aliphatic heterocycles. The molecule has 0 bridgehead atoms. The Kier molecular flexibility index (Phi) is 25.6. The summed E-state index contributed by atoms with van der Waals surface area (Å²) in [6.45, 7) is 9.35. The van der Waals surface area contributed by atoms with E-state index in [1.165, 1.54) is 87.0 Å². The van der Waals surface area contributed by atoms with Crippen molar-refractivity contribution >= 4 is 129 Å². The summed E-state index contributed by atoms with van der Waals surface area (Å²) in [5.41, 5.74) is 12.2. The number of H-pyrrole nitrogens is 3. The number of hydrogen-bond donors (Lipinski definition) is 3. The number of ether oxygens (including phenoxy) is 2. The molecule has 0 radical (unpaired) electrons. The van der Waals surface area contributed by atoms with E-state index in [9.17, 15) is 52.0 Å². The summed E-state index contributed by atoms with van der Waals surface area (Å²) in [7, 11) is -8.06. The Morgan fingerprint density at radius 1 is 0.549 bits per heavy atom. The molecule has 8 heterocycles. The number of methoxy groups -OCH3 is 2. The second-order valence-electron chi connectivity index (χ2n) is 29.0. The summed E-state index contributed by atoms with van der Waals surface area (Å²) in [4.78, 5) is 28.5. The van der Waals surface area contributed by atoms with Crippen LogP contribution in [-0.2, 0) is 49.1 Å². The van der Waals surface area contributed by atoms with Gasteiger partial charge in [0.1, 0.15) is 33.2 Å². The molecule has 1 aliphatic carbocycles. The predicted molar refractivity (Wildman–Crippen MR) is 440 cm³/mol. The largest absolute Gasteiger partial charge is 0.497 e. The Morgan fingerprint density at radius 2 is 1.04 bits per heavy atom. The summed E-state index contributed by atoms with van der Waals surface area (Å²) in [5, 5.41) is 3.44. The number of benzene rings is 7. The number of halogens is 9. The fourth-order valence-electron chi connectivity index (χ4n) is 16.2. The van der Waals surface area contributed by atoms with Gasteiger partial charge in [0.15, 0.2) is 0 Å². The molecule has 0 saturated carbocycles. The number of nitrogens with one attached hydrogen (secondary N) is 3. The number of amides is 1. The van der Waals surface area contributed by atoms with Crippen LogP contribution in [0.2, 0.25) is 10.2 Å². The maximum absolute atomic E-state index is 13.7.